The normalized spacial score (nSPS) is 21.3. The minimum Gasteiger partial charge on any atom is -0.508 e. The predicted molar refractivity (Wildman–Crippen MR) is 201 cm³/mol. The zero-order valence-corrected chi connectivity index (χ0v) is 32.3. The second-order valence-electron chi connectivity index (χ2n) is 14.8. The van der Waals surface area contributed by atoms with E-state index in [0.29, 0.717) is 43.1 Å². The molecule has 0 bridgehead atoms. The van der Waals surface area contributed by atoms with Crippen LogP contribution in [0.5, 0.6) is 5.75 Å². The van der Waals surface area contributed by atoms with E-state index in [1.165, 1.54) is 11.3 Å². The van der Waals surface area contributed by atoms with Gasteiger partial charge in [-0.05, 0) is 80.2 Å². The maximum absolute atomic E-state index is 14.5. The Morgan fingerprint density at radius 3 is 2.57 bits per heavy atom. The lowest BCUT2D eigenvalue weighted by molar-refractivity contribution is -0.142. The van der Waals surface area contributed by atoms with Crippen LogP contribution in [-0.2, 0) is 20.7 Å². The molecule has 4 rings (SSSR count). The highest BCUT2D eigenvalue weighted by Gasteiger charge is 2.38. The van der Waals surface area contributed by atoms with Crippen LogP contribution in [0, 0.1) is 11.8 Å². The lowest BCUT2D eigenvalue weighted by Gasteiger charge is -2.39. The third kappa shape index (κ3) is 10.7. The molecule has 12 heteroatoms. The van der Waals surface area contributed by atoms with Crippen LogP contribution in [-0.4, -0.2) is 88.3 Å². The second-order valence-corrected chi connectivity index (χ2v) is 15.6. The van der Waals surface area contributed by atoms with Crippen LogP contribution < -0.4 is 16.0 Å². The summed E-state index contributed by atoms with van der Waals surface area (Å²) >= 11 is 1.39. The van der Waals surface area contributed by atoms with Crippen LogP contribution in [0.15, 0.2) is 23.6 Å². The van der Waals surface area contributed by atoms with Crippen molar-refractivity contribution in [3.8, 4) is 5.75 Å². The fourth-order valence-corrected chi connectivity index (χ4v) is 8.26. The lowest BCUT2D eigenvalue weighted by atomic mass is 9.80. The van der Waals surface area contributed by atoms with E-state index in [4.69, 9.17) is 9.72 Å². The number of amides is 3. The van der Waals surface area contributed by atoms with Crippen LogP contribution in [0.2, 0.25) is 0 Å². The van der Waals surface area contributed by atoms with E-state index in [0.717, 1.165) is 56.2 Å². The molecule has 7 atom stereocenters. The number of hydrogen-bond donors (Lipinski definition) is 5. The molecule has 0 radical (unpaired) electrons. The number of phenols is 1. The van der Waals surface area contributed by atoms with Crippen LogP contribution in [0.4, 0.5) is 0 Å². The third-order valence-corrected chi connectivity index (χ3v) is 11.4. The van der Waals surface area contributed by atoms with Crippen molar-refractivity contribution in [3.05, 3.63) is 45.4 Å². The van der Waals surface area contributed by atoms with Crippen molar-refractivity contribution in [2.24, 2.45) is 11.8 Å². The van der Waals surface area contributed by atoms with Crippen molar-refractivity contribution in [3.63, 3.8) is 0 Å². The van der Waals surface area contributed by atoms with Crippen molar-refractivity contribution in [1.29, 1.82) is 0 Å². The molecule has 284 valence electrons. The van der Waals surface area contributed by atoms with Crippen LogP contribution in [0.25, 0.3) is 0 Å². The summed E-state index contributed by atoms with van der Waals surface area (Å²) in [5, 5.41) is 32.1. The highest BCUT2D eigenvalue weighted by Crippen LogP contribution is 2.35. The van der Waals surface area contributed by atoms with E-state index < -0.39 is 12.1 Å². The van der Waals surface area contributed by atoms with Gasteiger partial charge in [0.15, 0.2) is 0 Å². The number of hydrogen-bond acceptors (Lipinski definition) is 9. The SMILES string of the molecule is CCCOC(CC(C(C)C)N(CCC)C(=O)C(NC(=O)C1CCCCN1)C(C)CC)c1nc(C(=O)NC2Cc3ccc(O)cc3C(CO)C2)cs1. The number of aromatic nitrogens is 1. The minimum atomic E-state index is -0.632. The number of thiazole rings is 1. The first kappa shape index (κ1) is 40.7. The van der Waals surface area contributed by atoms with Gasteiger partial charge < -0.3 is 35.8 Å². The smallest absolute Gasteiger partial charge is 0.270 e. The maximum atomic E-state index is 14.5. The Labute approximate surface area is 308 Å². The number of aliphatic hydroxyl groups excluding tert-OH is 1. The fraction of sp³-hybridized carbons (Fsp3) is 0.692. The Hall–Kier alpha value is -3.06. The molecule has 7 unspecified atom stereocenters. The number of ether oxygens (including phenoxy) is 1. The van der Waals surface area contributed by atoms with E-state index in [-0.39, 0.29) is 66.0 Å². The van der Waals surface area contributed by atoms with Gasteiger partial charge in [0.05, 0.1) is 12.6 Å². The van der Waals surface area contributed by atoms with Crippen molar-refractivity contribution in [1.82, 2.24) is 25.8 Å². The number of phenolic OH excluding ortho intramolecular Hbond substituents is 1. The first-order valence-electron chi connectivity index (χ1n) is 19.2. The number of fused-ring (bicyclic) bond motifs is 1. The van der Waals surface area contributed by atoms with E-state index in [2.05, 4.69) is 50.6 Å². The molecule has 2 aromatic rings. The molecule has 1 aliphatic carbocycles. The van der Waals surface area contributed by atoms with Crippen LogP contribution in [0.1, 0.15) is 132 Å². The monoisotopic (exact) mass is 727 g/mol. The largest absolute Gasteiger partial charge is 0.508 e. The first-order chi connectivity index (χ1) is 24.5. The Kier molecular flexibility index (Phi) is 15.7. The van der Waals surface area contributed by atoms with Crippen LogP contribution in [0.3, 0.4) is 0 Å². The van der Waals surface area contributed by atoms with Gasteiger partial charge in [-0.25, -0.2) is 4.98 Å². The molecule has 0 spiro atoms. The standard InChI is InChI=1S/C39H61N5O6S/c1-7-16-44(39(49)35(25(6)9-3)43-36(47)31-12-10-11-15-40-31)33(24(4)5)21-34(50-17-8-2)38-42-32(23-51-38)37(48)41-28-18-26-13-14-29(46)20-30(26)27(19-28)22-45/h13-14,20,23-25,27-28,31,33-35,40,45-46H,7-12,15-19,21-22H2,1-6H3,(H,41,48)(H,43,47). The molecule has 0 saturated carbocycles. The van der Waals surface area contributed by atoms with E-state index >= 15 is 0 Å². The summed E-state index contributed by atoms with van der Waals surface area (Å²) < 4.78 is 6.41. The van der Waals surface area contributed by atoms with Gasteiger partial charge in [-0.2, -0.15) is 0 Å². The number of carbonyl (C=O) groups excluding carboxylic acids is 3. The van der Waals surface area contributed by atoms with Gasteiger partial charge in [-0.15, -0.1) is 11.3 Å². The number of nitrogens with one attached hydrogen (secondary N) is 3. The summed E-state index contributed by atoms with van der Waals surface area (Å²) in [7, 11) is 0. The summed E-state index contributed by atoms with van der Waals surface area (Å²) in [6.07, 6.45) is 6.40. The molecular formula is C39H61N5O6S. The highest BCUT2D eigenvalue weighted by molar-refractivity contribution is 7.09. The molecule has 1 aromatic heterocycles. The fourth-order valence-electron chi connectivity index (χ4n) is 7.40. The molecule has 51 heavy (non-hydrogen) atoms. The number of nitrogens with zero attached hydrogens (tertiary/aromatic N) is 2. The summed E-state index contributed by atoms with van der Waals surface area (Å²) in [5.74, 6) is -0.399. The second kappa shape index (κ2) is 19.7. The number of benzene rings is 1. The third-order valence-electron chi connectivity index (χ3n) is 10.5. The predicted octanol–water partition coefficient (Wildman–Crippen LogP) is 5.46. The number of carbonyl (C=O) groups is 3. The van der Waals surface area contributed by atoms with Gasteiger partial charge in [-0.1, -0.05) is 60.5 Å². The molecule has 2 aliphatic rings. The first-order valence-corrected chi connectivity index (χ1v) is 20.0. The number of aromatic hydroxyl groups is 1. The Morgan fingerprint density at radius 1 is 1.14 bits per heavy atom. The van der Waals surface area contributed by atoms with Crippen molar-refractivity contribution < 1.29 is 29.3 Å². The number of rotatable bonds is 18. The van der Waals surface area contributed by atoms with Gasteiger partial charge in [0.2, 0.25) is 11.8 Å². The van der Waals surface area contributed by atoms with Gasteiger partial charge in [-0.3, -0.25) is 14.4 Å². The van der Waals surface area contributed by atoms with Gasteiger partial charge >= 0.3 is 0 Å². The zero-order valence-electron chi connectivity index (χ0n) is 31.5. The molecule has 2 heterocycles. The van der Waals surface area contributed by atoms with Gasteiger partial charge in [0.25, 0.3) is 5.91 Å². The molecule has 1 aliphatic heterocycles. The molecule has 5 N–H and O–H groups in total. The van der Waals surface area contributed by atoms with E-state index in [1.54, 1.807) is 17.5 Å². The summed E-state index contributed by atoms with van der Waals surface area (Å²) in [6.45, 7) is 14.2. The summed E-state index contributed by atoms with van der Waals surface area (Å²) in [6, 6.07) is 3.91. The minimum absolute atomic E-state index is 0.0400. The lowest BCUT2D eigenvalue weighted by Crippen LogP contribution is -2.58. The summed E-state index contributed by atoms with van der Waals surface area (Å²) in [4.78, 5) is 48.1. The summed E-state index contributed by atoms with van der Waals surface area (Å²) in [5.41, 5.74) is 2.24. The number of piperidine rings is 1. The van der Waals surface area contributed by atoms with Crippen molar-refractivity contribution in [2.45, 2.75) is 136 Å². The quantitative estimate of drug-likeness (QED) is 0.136. The van der Waals surface area contributed by atoms with Crippen LogP contribution >= 0.6 is 11.3 Å². The molecule has 1 aromatic carbocycles. The average molecular weight is 728 g/mol. The molecule has 11 nitrogen and oxygen atoms in total. The van der Waals surface area contributed by atoms with E-state index in [1.807, 2.05) is 17.9 Å². The Bertz CT molecular complexity index is 1430. The van der Waals surface area contributed by atoms with Gasteiger partial charge in [0.1, 0.15) is 28.6 Å². The molecule has 1 saturated heterocycles. The molecular weight excluding hydrogens is 667 g/mol. The Balaban J connectivity index is 1.52. The highest BCUT2D eigenvalue weighted by atomic mass is 32.1. The number of aliphatic hydroxyl groups is 1. The van der Waals surface area contributed by atoms with Gasteiger partial charge in [0, 0.05) is 43.0 Å². The van der Waals surface area contributed by atoms with Crippen molar-refractivity contribution in [2.75, 3.05) is 26.3 Å². The molecule has 3 amide bonds. The van der Waals surface area contributed by atoms with E-state index in [9.17, 15) is 24.6 Å². The molecule has 1 fully saturated rings. The maximum Gasteiger partial charge on any atom is 0.270 e. The van der Waals surface area contributed by atoms with Crippen molar-refractivity contribution >= 4 is 29.1 Å². The topological polar surface area (TPSA) is 153 Å². The Morgan fingerprint density at radius 2 is 1.92 bits per heavy atom. The average Bonchev–Trinajstić information content (AvgIpc) is 3.63. The zero-order chi connectivity index (χ0) is 37.1.